The van der Waals surface area contributed by atoms with Gasteiger partial charge in [0.1, 0.15) is 5.78 Å². The lowest BCUT2D eigenvalue weighted by Gasteiger charge is -2.02. The maximum absolute atomic E-state index is 10.6. The van der Waals surface area contributed by atoms with Gasteiger partial charge in [-0.3, -0.25) is 0 Å². The number of ether oxygens (including phenoxy) is 1. The van der Waals surface area contributed by atoms with E-state index in [2.05, 4.69) is 6.92 Å². The molecule has 0 aromatic carbocycles. The van der Waals surface area contributed by atoms with Crippen LogP contribution in [0.1, 0.15) is 27.2 Å². The lowest BCUT2D eigenvalue weighted by atomic mass is 10.0. The van der Waals surface area contributed by atoms with E-state index in [1.54, 1.807) is 6.92 Å². The summed E-state index contributed by atoms with van der Waals surface area (Å²) in [7, 11) is 0. The lowest BCUT2D eigenvalue weighted by Crippen LogP contribution is -2.09. The zero-order chi connectivity index (χ0) is 7.72. The number of ketones is 1. The van der Waals surface area contributed by atoms with E-state index in [-0.39, 0.29) is 5.78 Å². The van der Waals surface area contributed by atoms with E-state index in [9.17, 15) is 4.79 Å². The van der Waals surface area contributed by atoms with Crippen LogP contribution < -0.4 is 0 Å². The Balaban J connectivity index is 2.22. The van der Waals surface area contributed by atoms with Gasteiger partial charge in [0.15, 0.2) is 0 Å². The topological polar surface area (TPSA) is 29.6 Å². The van der Waals surface area contributed by atoms with Crippen LogP contribution in [0.25, 0.3) is 0 Å². The molecule has 0 aromatic rings. The first-order valence-electron chi connectivity index (χ1n) is 3.76. The van der Waals surface area contributed by atoms with Crippen LogP contribution in [0.4, 0.5) is 0 Å². The number of rotatable bonds is 3. The molecule has 1 rings (SSSR count). The van der Waals surface area contributed by atoms with Crippen molar-refractivity contribution in [1.29, 1.82) is 0 Å². The van der Waals surface area contributed by atoms with E-state index in [4.69, 9.17) is 4.74 Å². The Morgan fingerprint density at radius 3 is 2.50 bits per heavy atom. The molecule has 0 radical (unpaired) electrons. The van der Waals surface area contributed by atoms with E-state index in [0.29, 0.717) is 24.5 Å². The van der Waals surface area contributed by atoms with Crippen LogP contribution in [-0.2, 0) is 9.53 Å². The SMILES string of the molecule is CC(=O)CC(C)C1OC1C. The fourth-order valence-corrected chi connectivity index (χ4v) is 1.37. The van der Waals surface area contributed by atoms with Crippen molar-refractivity contribution in [2.45, 2.75) is 39.4 Å². The Morgan fingerprint density at radius 2 is 2.20 bits per heavy atom. The fourth-order valence-electron chi connectivity index (χ4n) is 1.37. The van der Waals surface area contributed by atoms with Gasteiger partial charge in [0.2, 0.25) is 0 Å². The third-order valence-corrected chi connectivity index (χ3v) is 1.93. The number of hydrogen-bond donors (Lipinski definition) is 0. The Labute approximate surface area is 61.6 Å². The highest BCUT2D eigenvalue weighted by atomic mass is 16.6. The van der Waals surface area contributed by atoms with E-state index < -0.39 is 0 Å². The first-order valence-corrected chi connectivity index (χ1v) is 3.76. The summed E-state index contributed by atoms with van der Waals surface area (Å²) >= 11 is 0. The van der Waals surface area contributed by atoms with Gasteiger partial charge in [-0.1, -0.05) is 6.92 Å². The van der Waals surface area contributed by atoms with Gasteiger partial charge < -0.3 is 9.53 Å². The normalized spacial score (nSPS) is 33.5. The molecule has 0 aromatic heterocycles. The summed E-state index contributed by atoms with van der Waals surface area (Å²) in [6, 6.07) is 0. The average molecular weight is 142 g/mol. The molecule has 1 aliphatic heterocycles. The molecule has 0 saturated carbocycles. The molecule has 1 heterocycles. The smallest absolute Gasteiger partial charge is 0.130 e. The van der Waals surface area contributed by atoms with Gasteiger partial charge >= 0.3 is 0 Å². The maximum atomic E-state index is 10.6. The maximum Gasteiger partial charge on any atom is 0.130 e. The van der Waals surface area contributed by atoms with Crippen molar-refractivity contribution >= 4 is 5.78 Å². The molecule has 0 bridgehead atoms. The molecule has 2 heteroatoms. The predicted octanol–water partition coefficient (Wildman–Crippen LogP) is 1.39. The Bertz CT molecular complexity index is 142. The van der Waals surface area contributed by atoms with Gasteiger partial charge in [-0.2, -0.15) is 0 Å². The summed E-state index contributed by atoms with van der Waals surface area (Å²) in [5, 5.41) is 0. The van der Waals surface area contributed by atoms with Crippen LogP contribution in [0.5, 0.6) is 0 Å². The Kier molecular flexibility index (Phi) is 2.09. The van der Waals surface area contributed by atoms with Crippen molar-refractivity contribution in [3.63, 3.8) is 0 Å². The summed E-state index contributed by atoms with van der Waals surface area (Å²) in [6.45, 7) is 5.74. The minimum Gasteiger partial charge on any atom is -0.370 e. The summed E-state index contributed by atoms with van der Waals surface area (Å²) < 4.78 is 5.23. The largest absolute Gasteiger partial charge is 0.370 e. The third-order valence-electron chi connectivity index (χ3n) is 1.93. The van der Waals surface area contributed by atoms with Gasteiger partial charge in [0.25, 0.3) is 0 Å². The third kappa shape index (κ3) is 1.81. The zero-order valence-corrected chi connectivity index (χ0v) is 6.76. The highest BCUT2D eigenvalue weighted by Gasteiger charge is 2.38. The average Bonchev–Trinajstić information content (AvgIpc) is 2.44. The first-order chi connectivity index (χ1) is 4.61. The number of Topliss-reactive ketones (excluding diaryl/α,β-unsaturated/α-hetero) is 1. The van der Waals surface area contributed by atoms with Gasteiger partial charge in [-0.15, -0.1) is 0 Å². The molecule has 1 saturated heterocycles. The predicted molar refractivity (Wildman–Crippen MR) is 38.8 cm³/mol. The molecule has 1 fully saturated rings. The first kappa shape index (κ1) is 7.73. The van der Waals surface area contributed by atoms with Gasteiger partial charge in [-0.25, -0.2) is 0 Å². The molecule has 0 spiro atoms. The Morgan fingerprint density at radius 1 is 1.70 bits per heavy atom. The monoisotopic (exact) mass is 142 g/mol. The second-order valence-corrected chi connectivity index (χ2v) is 3.19. The molecule has 2 nitrogen and oxygen atoms in total. The number of carbonyl (C=O) groups is 1. The quantitative estimate of drug-likeness (QED) is 0.557. The highest BCUT2D eigenvalue weighted by Crippen LogP contribution is 2.30. The van der Waals surface area contributed by atoms with Crippen LogP contribution in [0, 0.1) is 5.92 Å². The van der Waals surface area contributed by atoms with Crippen molar-refractivity contribution in [1.82, 2.24) is 0 Å². The van der Waals surface area contributed by atoms with Crippen LogP contribution in [0.2, 0.25) is 0 Å². The van der Waals surface area contributed by atoms with Crippen molar-refractivity contribution in [2.24, 2.45) is 5.92 Å². The van der Waals surface area contributed by atoms with Gasteiger partial charge in [0.05, 0.1) is 12.2 Å². The molecule has 3 unspecified atom stereocenters. The van der Waals surface area contributed by atoms with Gasteiger partial charge in [0, 0.05) is 6.42 Å². The number of hydrogen-bond acceptors (Lipinski definition) is 2. The lowest BCUT2D eigenvalue weighted by molar-refractivity contribution is -0.117. The highest BCUT2D eigenvalue weighted by molar-refractivity contribution is 5.75. The van der Waals surface area contributed by atoms with Crippen molar-refractivity contribution in [3.05, 3.63) is 0 Å². The summed E-state index contributed by atoms with van der Waals surface area (Å²) in [4.78, 5) is 10.6. The van der Waals surface area contributed by atoms with Crippen LogP contribution in [0.15, 0.2) is 0 Å². The van der Waals surface area contributed by atoms with E-state index in [0.717, 1.165) is 0 Å². The molecule has 58 valence electrons. The number of epoxide rings is 1. The second-order valence-electron chi connectivity index (χ2n) is 3.19. The Hall–Kier alpha value is -0.370. The van der Waals surface area contributed by atoms with E-state index in [1.165, 1.54) is 0 Å². The van der Waals surface area contributed by atoms with Crippen LogP contribution in [-0.4, -0.2) is 18.0 Å². The van der Waals surface area contributed by atoms with E-state index in [1.807, 2.05) is 6.92 Å². The van der Waals surface area contributed by atoms with Crippen molar-refractivity contribution in [3.8, 4) is 0 Å². The molecular formula is C8H14O2. The summed E-state index contributed by atoms with van der Waals surface area (Å²) in [5.41, 5.74) is 0. The molecular weight excluding hydrogens is 128 g/mol. The standard InChI is InChI=1S/C8H14O2/c1-5(4-6(2)9)8-7(3)10-8/h5,7-8H,4H2,1-3H3. The van der Waals surface area contributed by atoms with Crippen LogP contribution >= 0.6 is 0 Å². The summed E-state index contributed by atoms with van der Waals surface area (Å²) in [5.74, 6) is 0.669. The van der Waals surface area contributed by atoms with E-state index >= 15 is 0 Å². The molecule has 1 aliphatic rings. The summed E-state index contributed by atoms with van der Waals surface area (Å²) in [6.07, 6.45) is 1.40. The molecule has 0 N–H and O–H groups in total. The second kappa shape index (κ2) is 2.70. The van der Waals surface area contributed by atoms with Crippen molar-refractivity contribution in [2.75, 3.05) is 0 Å². The molecule has 10 heavy (non-hydrogen) atoms. The molecule has 3 atom stereocenters. The number of carbonyl (C=O) groups excluding carboxylic acids is 1. The van der Waals surface area contributed by atoms with Crippen molar-refractivity contribution < 1.29 is 9.53 Å². The molecule has 0 amide bonds. The minimum atomic E-state index is 0.259. The van der Waals surface area contributed by atoms with Gasteiger partial charge in [-0.05, 0) is 19.8 Å². The minimum absolute atomic E-state index is 0.259. The zero-order valence-electron chi connectivity index (χ0n) is 6.76. The van der Waals surface area contributed by atoms with Crippen LogP contribution in [0.3, 0.4) is 0 Å². The molecule has 0 aliphatic carbocycles. The fraction of sp³-hybridized carbons (Fsp3) is 0.875.